The van der Waals surface area contributed by atoms with Gasteiger partial charge in [0.15, 0.2) is 0 Å². The van der Waals surface area contributed by atoms with E-state index in [1.54, 1.807) is 7.11 Å². The Morgan fingerprint density at radius 2 is 2.30 bits per heavy atom. The van der Waals surface area contributed by atoms with E-state index in [1.165, 1.54) is 11.8 Å². The van der Waals surface area contributed by atoms with Gasteiger partial charge < -0.3 is 14.4 Å². The predicted molar refractivity (Wildman–Crippen MR) is 74.8 cm³/mol. The van der Waals surface area contributed by atoms with Crippen molar-refractivity contribution in [3.8, 4) is 17.1 Å². The number of carbonyl (C=O) groups is 1. The molecule has 0 saturated heterocycles. The van der Waals surface area contributed by atoms with Crippen LogP contribution >= 0.6 is 11.8 Å². The summed E-state index contributed by atoms with van der Waals surface area (Å²) in [6, 6.07) is 5.70. The number of hydrogen-bond acceptors (Lipinski definition) is 6. The first kappa shape index (κ1) is 14.4. The Hall–Kier alpha value is -2.02. The monoisotopic (exact) mass is 294 g/mol. The number of aryl methyl sites for hydroxylation is 1. The molecule has 1 aromatic carbocycles. The SMILES string of the molecule is COc1cc(C)ccc1-c1noc(CSCC(=O)O)n1. The molecule has 0 aliphatic heterocycles. The van der Waals surface area contributed by atoms with Gasteiger partial charge in [-0.1, -0.05) is 11.2 Å². The highest BCUT2D eigenvalue weighted by atomic mass is 32.2. The largest absolute Gasteiger partial charge is 0.496 e. The van der Waals surface area contributed by atoms with Crippen LogP contribution in [0, 0.1) is 6.92 Å². The molecular weight excluding hydrogens is 280 g/mol. The molecule has 2 aromatic rings. The van der Waals surface area contributed by atoms with Gasteiger partial charge in [-0.05, 0) is 24.6 Å². The molecule has 1 N–H and O–H groups in total. The summed E-state index contributed by atoms with van der Waals surface area (Å²) >= 11 is 1.21. The Balaban J connectivity index is 2.14. The molecule has 0 aliphatic carbocycles. The third-order valence-electron chi connectivity index (χ3n) is 2.52. The molecule has 0 radical (unpaired) electrons. The van der Waals surface area contributed by atoms with Gasteiger partial charge in [-0.3, -0.25) is 4.79 Å². The molecule has 1 aromatic heterocycles. The third-order valence-corrected chi connectivity index (χ3v) is 3.42. The summed E-state index contributed by atoms with van der Waals surface area (Å²) in [7, 11) is 1.59. The normalized spacial score (nSPS) is 10.5. The Labute approximate surface area is 120 Å². The second kappa shape index (κ2) is 6.42. The second-order valence-corrected chi connectivity index (χ2v) is 5.09. The van der Waals surface area contributed by atoms with Crippen LogP contribution in [-0.4, -0.2) is 34.1 Å². The van der Waals surface area contributed by atoms with Crippen LogP contribution in [-0.2, 0) is 10.5 Å². The van der Waals surface area contributed by atoms with Crippen LogP contribution in [0.1, 0.15) is 11.5 Å². The number of rotatable bonds is 6. The first-order valence-electron chi connectivity index (χ1n) is 5.87. The molecule has 0 atom stereocenters. The Morgan fingerprint density at radius 1 is 1.50 bits per heavy atom. The molecule has 2 rings (SSSR count). The summed E-state index contributed by atoms with van der Waals surface area (Å²) in [4.78, 5) is 14.7. The van der Waals surface area contributed by atoms with E-state index in [-0.39, 0.29) is 5.75 Å². The number of hydrogen-bond donors (Lipinski definition) is 1. The van der Waals surface area contributed by atoms with Crippen molar-refractivity contribution in [2.45, 2.75) is 12.7 Å². The van der Waals surface area contributed by atoms with Crippen molar-refractivity contribution in [1.82, 2.24) is 10.1 Å². The molecule has 0 fully saturated rings. The summed E-state index contributed by atoms with van der Waals surface area (Å²) in [5.74, 6) is 1.02. The smallest absolute Gasteiger partial charge is 0.313 e. The van der Waals surface area contributed by atoms with Crippen LogP contribution in [0.2, 0.25) is 0 Å². The number of ether oxygens (including phenoxy) is 1. The van der Waals surface area contributed by atoms with Gasteiger partial charge in [-0.25, -0.2) is 0 Å². The highest BCUT2D eigenvalue weighted by Gasteiger charge is 2.13. The van der Waals surface area contributed by atoms with Crippen LogP contribution < -0.4 is 4.74 Å². The van der Waals surface area contributed by atoms with Crippen LogP contribution in [0.4, 0.5) is 0 Å². The molecule has 0 amide bonds. The van der Waals surface area contributed by atoms with E-state index < -0.39 is 5.97 Å². The number of thioether (sulfide) groups is 1. The van der Waals surface area contributed by atoms with Crippen molar-refractivity contribution < 1.29 is 19.2 Å². The standard InChI is InChI=1S/C13H14N2O4S/c1-8-3-4-9(10(5-8)18-2)13-14-11(19-15-13)6-20-7-12(16)17/h3-5H,6-7H2,1-2H3,(H,16,17). The molecule has 1 heterocycles. The lowest BCUT2D eigenvalue weighted by molar-refractivity contribution is -0.133. The van der Waals surface area contributed by atoms with Crippen LogP contribution in [0.5, 0.6) is 5.75 Å². The van der Waals surface area contributed by atoms with Gasteiger partial charge in [-0.15, -0.1) is 11.8 Å². The molecule has 0 saturated carbocycles. The Morgan fingerprint density at radius 3 is 3.00 bits per heavy atom. The maximum absolute atomic E-state index is 10.4. The first-order chi connectivity index (χ1) is 9.60. The van der Waals surface area contributed by atoms with E-state index in [0.29, 0.717) is 23.2 Å². The molecule has 0 bridgehead atoms. The molecule has 0 spiro atoms. The van der Waals surface area contributed by atoms with Gasteiger partial charge in [0.2, 0.25) is 11.7 Å². The fourth-order valence-electron chi connectivity index (χ4n) is 1.63. The summed E-state index contributed by atoms with van der Waals surface area (Å²) in [5.41, 5.74) is 1.82. The lowest BCUT2D eigenvalue weighted by atomic mass is 10.1. The summed E-state index contributed by atoms with van der Waals surface area (Å²) in [6.45, 7) is 1.97. The second-order valence-electron chi connectivity index (χ2n) is 4.10. The van der Waals surface area contributed by atoms with Crippen molar-refractivity contribution in [1.29, 1.82) is 0 Å². The highest BCUT2D eigenvalue weighted by Crippen LogP contribution is 2.29. The topological polar surface area (TPSA) is 85.5 Å². The number of carboxylic acids is 1. The van der Waals surface area contributed by atoms with E-state index in [2.05, 4.69) is 10.1 Å². The van der Waals surface area contributed by atoms with E-state index in [1.807, 2.05) is 25.1 Å². The van der Waals surface area contributed by atoms with Gasteiger partial charge >= 0.3 is 5.97 Å². The zero-order valence-electron chi connectivity index (χ0n) is 11.1. The highest BCUT2D eigenvalue weighted by molar-refractivity contribution is 7.99. The average Bonchev–Trinajstić information content (AvgIpc) is 2.86. The zero-order valence-corrected chi connectivity index (χ0v) is 11.9. The van der Waals surface area contributed by atoms with Crippen molar-refractivity contribution >= 4 is 17.7 Å². The molecule has 20 heavy (non-hydrogen) atoms. The molecular formula is C13H14N2O4S. The Bertz CT molecular complexity index is 612. The molecule has 0 aliphatic rings. The number of aromatic nitrogens is 2. The lowest BCUT2D eigenvalue weighted by Crippen LogP contribution is -1.98. The number of benzene rings is 1. The van der Waals surface area contributed by atoms with Crippen LogP contribution in [0.3, 0.4) is 0 Å². The number of nitrogens with zero attached hydrogens (tertiary/aromatic N) is 2. The summed E-state index contributed by atoms with van der Waals surface area (Å²) in [5, 5.41) is 12.5. The van der Waals surface area contributed by atoms with Gasteiger partial charge in [0.25, 0.3) is 0 Å². The van der Waals surface area contributed by atoms with Crippen LogP contribution in [0.25, 0.3) is 11.4 Å². The quantitative estimate of drug-likeness (QED) is 0.875. The lowest BCUT2D eigenvalue weighted by Gasteiger charge is -2.05. The number of aliphatic carboxylic acids is 1. The molecule has 106 valence electrons. The maximum Gasteiger partial charge on any atom is 0.313 e. The van der Waals surface area contributed by atoms with Crippen molar-refractivity contribution in [3.05, 3.63) is 29.7 Å². The van der Waals surface area contributed by atoms with Crippen molar-refractivity contribution in [3.63, 3.8) is 0 Å². The molecule has 6 nitrogen and oxygen atoms in total. The predicted octanol–water partition coefficient (Wildman–Crippen LogP) is 2.37. The summed E-state index contributed by atoms with van der Waals surface area (Å²) in [6.07, 6.45) is 0. The average molecular weight is 294 g/mol. The Kier molecular flexibility index (Phi) is 4.62. The minimum Gasteiger partial charge on any atom is -0.496 e. The first-order valence-corrected chi connectivity index (χ1v) is 7.02. The van der Waals surface area contributed by atoms with Gasteiger partial charge in [0.05, 0.1) is 24.2 Å². The van der Waals surface area contributed by atoms with Crippen molar-refractivity contribution in [2.75, 3.05) is 12.9 Å². The van der Waals surface area contributed by atoms with E-state index >= 15 is 0 Å². The van der Waals surface area contributed by atoms with Gasteiger partial charge in [-0.2, -0.15) is 4.98 Å². The number of carboxylic acid groups (broad SMARTS) is 1. The van der Waals surface area contributed by atoms with E-state index in [4.69, 9.17) is 14.4 Å². The van der Waals surface area contributed by atoms with Gasteiger partial charge in [0, 0.05) is 0 Å². The fraction of sp³-hybridized carbons (Fsp3) is 0.308. The molecule has 7 heteroatoms. The van der Waals surface area contributed by atoms with Crippen molar-refractivity contribution in [2.24, 2.45) is 0 Å². The van der Waals surface area contributed by atoms with Crippen LogP contribution in [0.15, 0.2) is 22.7 Å². The minimum absolute atomic E-state index is 0.00552. The van der Waals surface area contributed by atoms with Gasteiger partial charge in [0.1, 0.15) is 5.75 Å². The minimum atomic E-state index is -0.866. The third kappa shape index (κ3) is 3.51. The maximum atomic E-state index is 10.4. The zero-order chi connectivity index (χ0) is 14.5. The van der Waals surface area contributed by atoms with E-state index in [9.17, 15) is 4.79 Å². The summed E-state index contributed by atoms with van der Waals surface area (Å²) < 4.78 is 10.4. The van der Waals surface area contributed by atoms with E-state index in [0.717, 1.165) is 11.1 Å². The fourth-order valence-corrected chi connectivity index (χ4v) is 2.20. The molecule has 0 unspecified atom stereocenters. The number of methoxy groups -OCH3 is 1.